The summed E-state index contributed by atoms with van der Waals surface area (Å²) in [5, 5.41) is 14.8. The predicted molar refractivity (Wildman–Crippen MR) is 90.8 cm³/mol. The van der Waals surface area contributed by atoms with Crippen molar-refractivity contribution in [2.24, 2.45) is 5.92 Å². The van der Waals surface area contributed by atoms with Gasteiger partial charge in [-0.1, -0.05) is 36.4 Å². The van der Waals surface area contributed by atoms with Crippen molar-refractivity contribution in [3.05, 3.63) is 42.5 Å². The van der Waals surface area contributed by atoms with Crippen LogP contribution < -0.4 is 10.1 Å². The number of fused-ring (bicyclic) bond motifs is 1. The molecule has 2 aromatic carbocycles. The lowest BCUT2D eigenvalue weighted by Gasteiger charge is -2.26. The van der Waals surface area contributed by atoms with E-state index in [9.17, 15) is 4.79 Å². The van der Waals surface area contributed by atoms with Crippen LogP contribution in [0.15, 0.2) is 42.5 Å². The lowest BCUT2D eigenvalue weighted by atomic mass is 9.86. The normalized spacial score (nSPS) is 21.2. The van der Waals surface area contributed by atoms with Crippen LogP contribution in [-0.2, 0) is 4.79 Å². The van der Waals surface area contributed by atoms with E-state index in [0.717, 1.165) is 43.4 Å². The van der Waals surface area contributed by atoms with Crippen molar-refractivity contribution in [1.82, 2.24) is 5.32 Å². The van der Waals surface area contributed by atoms with Crippen molar-refractivity contribution >= 4 is 16.7 Å². The van der Waals surface area contributed by atoms with Gasteiger partial charge in [0, 0.05) is 18.0 Å². The topological polar surface area (TPSA) is 58.6 Å². The zero-order valence-electron chi connectivity index (χ0n) is 13.2. The van der Waals surface area contributed by atoms with Gasteiger partial charge in [0.25, 0.3) is 0 Å². The molecule has 1 saturated carbocycles. The van der Waals surface area contributed by atoms with Gasteiger partial charge >= 0.3 is 5.97 Å². The molecule has 0 saturated heterocycles. The van der Waals surface area contributed by atoms with Gasteiger partial charge < -0.3 is 15.2 Å². The number of hydrogen-bond acceptors (Lipinski definition) is 3. The minimum Gasteiger partial charge on any atom is -0.492 e. The van der Waals surface area contributed by atoms with E-state index in [4.69, 9.17) is 9.84 Å². The van der Waals surface area contributed by atoms with Crippen molar-refractivity contribution < 1.29 is 14.6 Å². The Kier molecular flexibility index (Phi) is 5.13. The molecule has 0 bridgehead atoms. The number of nitrogens with one attached hydrogen (secondary N) is 1. The Morgan fingerprint density at radius 1 is 1.09 bits per heavy atom. The minimum atomic E-state index is -0.650. The zero-order valence-corrected chi connectivity index (χ0v) is 13.2. The number of benzene rings is 2. The summed E-state index contributed by atoms with van der Waals surface area (Å²) in [5.41, 5.74) is 0. The average Bonchev–Trinajstić information content (AvgIpc) is 2.59. The smallest absolute Gasteiger partial charge is 0.306 e. The van der Waals surface area contributed by atoms with E-state index in [2.05, 4.69) is 23.5 Å². The third-order valence-corrected chi connectivity index (χ3v) is 4.62. The summed E-state index contributed by atoms with van der Waals surface area (Å²) in [5.74, 6) is 0.113. The Bertz CT molecular complexity index is 657. The highest BCUT2D eigenvalue weighted by atomic mass is 16.5. The van der Waals surface area contributed by atoms with Crippen LogP contribution in [0.5, 0.6) is 5.75 Å². The van der Waals surface area contributed by atoms with Crippen LogP contribution in [0.4, 0.5) is 0 Å². The van der Waals surface area contributed by atoms with Crippen molar-refractivity contribution in [2.75, 3.05) is 13.2 Å². The second-order valence-electron chi connectivity index (χ2n) is 6.17. The average molecular weight is 313 g/mol. The Morgan fingerprint density at radius 2 is 1.83 bits per heavy atom. The number of hydrogen-bond donors (Lipinski definition) is 2. The molecule has 122 valence electrons. The standard InChI is InChI=1S/C19H23NO3/c21-19(22)15-8-10-16(11-9-15)20-12-13-23-18-7-3-5-14-4-1-2-6-17(14)18/h1-7,15-16,20H,8-13H2,(H,21,22). The molecule has 1 fully saturated rings. The molecule has 2 N–H and O–H groups in total. The number of carbonyl (C=O) groups is 1. The number of carboxylic acids is 1. The Balaban J connectivity index is 1.44. The highest BCUT2D eigenvalue weighted by molar-refractivity contribution is 5.88. The lowest BCUT2D eigenvalue weighted by Crippen LogP contribution is -2.37. The molecule has 1 aliphatic rings. The molecule has 4 heteroatoms. The Hall–Kier alpha value is -2.07. The van der Waals surface area contributed by atoms with Gasteiger partial charge in [-0.2, -0.15) is 0 Å². The molecular formula is C19H23NO3. The summed E-state index contributed by atoms with van der Waals surface area (Å²) in [4.78, 5) is 10.9. The van der Waals surface area contributed by atoms with E-state index in [-0.39, 0.29) is 5.92 Å². The highest BCUT2D eigenvalue weighted by Crippen LogP contribution is 2.26. The van der Waals surface area contributed by atoms with E-state index in [1.807, 2.05) is 24.3 Å². The van der Waals surface area contributed by atoms with Crippen LogP contribution in [0.25, 0.3) is 10.8 Å². The quantitative estimate of drug-likeness (QED) is 0.802. The fourth-order valence-electron chi connectivity index (χ4n) is 3.29. The second kappa shape index (κ2) is 7.47. The van der Waals surface area contributed by atoms with Gasteiger partial charge in [-0.3, -0.25) is 4.79 Å². The SMILES string of the molecule is O=C(O)C1CCC(NCCOc2cccc3ccccc23)CC1. The number of carboxylic acid groups (broad SMARTS) is 1. The minimum absolute atomic E-state index is 0.153. The maximum atomic E-state index is 10.9. The van der Waals surface area contributed by atoms with Gasteiger partial charge in [-0.05, 0) is 37.1 Å². The van der Waals surface area contributed by atoms with E-state index >= 15 is 0 Å². The first-order valence-corrected chi connectivity index (χ1v) is 8.31. The van der Waals surface area contributed by atoms with E-state index in [1.54, 1.807) is 0 Å². The molecule has 0 spiro atoms. The van der Waals surface area contributed by atoms with Crippen LogP contribution in [0.1, 0.15) is 25.7 Å². The summed E-state index contributed by atoms with van der Waals surface area (Å²) in [6.07, 6.45) is 3.42. The summed E-state index contributed by atoms with van der Waals surface area (Å²) in [7, 11) is 0. The maximum Gasteiger partial charge on any atom is 0.306 e. The molecule has 0 unspecified atom stereocenters. The van der Waals surface area contributed by atoms with Gasteiger partial charge in [-0.25, -0.2) is 0 Å². The summed E-state index contributed by atoms with van der Waals surface area (Å²) in [6.45, 7) is 1.40. The molecule has 0 radical (unpaired) electrons. The number of ether oxygens (including phenoxy) is 1. The van der Waals surface area contributed by atoms with E-state index < -0.39 is 5.97 Å². The molecule has 0 aromatic heterocycles. The molecule has 0 heterocycles. The van der Waals surface area contributed by atoms with Gasteiger partial charge in [0.05, 0.1) is 5.92 Å². The van der Waals surface area contributed by atoms with Gasteiger partial charge in [0.1, 0.15) is 12.4 Å². The van der Waals surface area contributed by atoms with E-state index in [1.165, 1.54) is 5.39 Å². The summed E-state index contributed by atoms with van der Waals surface area (Å²) < 4.78 is 5.91. The van der Waals surface area contributed by atoms with Crippen LogP contribution in [-0.4, -0.2) is 30.3 Å². The first kappa shape index (κ1) is 15.8. The Labute approximate surface area is 136 Å². The van der Waals surface area contributed by atoms with Crippen LogP contribution in [0.2, 0.25) is 0 Å². The monoisotopic (exact) mass is 313 g/mol. The van der Waals surface area contributed by atoms with Gasteiger partial charge in [-0.15, -0.1) is 0 Å². The number of aliphatic carboxylic acids is 1. The van der Waals surface area contributed by atoms with Crippen molar-refractivity contribution in [1.29, 1.82) is 0 Å². The Morgan fingerprint density at radius 3 is 2.61 bits per heavy atom. The van der Waals surface area contributed by atoms with Crippen LogP contribution >= 0.6 is 0 Å². The summed E-state index contributed by atoms with van der Waals surface area (Å²) >= 11 is 0. The van der Waals surface area contributed by atoms with Gasteiger partial charge in [0.2, 0.25) is 0 Å². The molecule has 23 heavy (non-hydrogen) atoms. The lowest BCUT2D eigenvalue weighted by molar-refractivity contribution is -0.142. The van der Waals surface area contributed by atoms with Crippen LogP contribution in [0, 0.1) is 5.92 Å². The molecular weight excluding hydrogens is 290 g/mol. The first-order chi connectivity index (χ1) is 11.2. The van der Waals surface area contributed by atoms with Gasteiger partial charge in [0.15, 0.2) is 0 Å². The molecule has 1 aliphatic carbocycles. The largest absolute Gasteiger partial charge is 0.492 e. The van der Waals surface area contributed by atoms with Crippen LogP contribution in [0.3, 0.4) is 0 Å². The zero-order chi connectivity index (χ0) is 16.1. The maximum absolute atomic E-state index is 10.9. The second-order valence-corrected chi connectivity index (χ2v) is 6.17. The first-order valence-electron chi connectivity index (χ1n) is 8.31. The molecule has 2 aromatic rings. The highest BCUT2D eigenvalue weighted by Gasteiger charge is 2.25. The van der Waals surface area contributed by atoms with Crippen molar-refractivity contribution in [3.63, 3.8) is 0 Å². The molecule has 0 atom stereocenters. The third-order valence-electron chi connectivity index (χ3n) is 4.62. The summed E-state index contributed by atoms with van der Waals surface area (Å²) in [6, 6.07) is 14.7. The fraction of sp³-hybridized carbons (Fsp3) is 0.421. The van der Waals surface area contributed by atoms with Crippen molar-refractivity contribution in [3.8, 4) is 5.75 Å². The van der Waals surface area contributed by atoms with Crippen molar-refractivity contribution in [2.45, 2.75) is 31.7 Å². The molecule has 0 amide bonds. The predicted octanol–water partition coefficient (Wildman–Crippen LogP) is 3.45. The molecule has 3 rings (SSSR count). The molecule has 4 nitrogen and oxygen atoms in total. The van der Waals surface area contributed by atoms with E-state index in [0.29, 0.717) is 12.6 Å². The number of rotatable bonds is 6. The third kappa shape index (κ3) is 4.02. The fourth-order valence-corrected chi connectivity index (χ4v) is 3.29. The molecule has 0 aliphatic heterocycles.